The Kier molecular flexibility index (Phi) is 5.94. The summed E-state index contributed by atoms with van der Waals surface area (Å²) in [5.41, 5.74) is 3.81. The second kappa shape index (κ2) is 8.05. The summed E-state index contributed by atoms with van der Waals surface area (Å²) < 4.78 is 0. The Morgan fingerprint density at radius 3 is 2.30 bits per heavy atom. The number of halogens is 1. The predicted molar refractivity (Wildman–Crippen MR) is 115 cm³/mol. The molecule has 0 N–H and O–H groups in total. The molecule has 1 aliphatic rings. The first kappa shape index (κ1) is 19.9. The Labute approximate surface area is 169 Å². The molecule has 1 saturated heterocycles. The average Bonchev–Trinajstić information content (AvgIpc) is 2.63. The van der Waals surface area contributed by atoms with E-state index in [1.807, 2.05) is 18.2 Å². The Balaban J connectivity index is 1.67. The molecule has 1 heterocycles. The third-order valence-corrected chi connectivity index (χ3v) is 6.62. The normalized spacial score (nSPS) is 17.4. The summed E-state index contributed by atoms with van der Waals surface area (Å²) in [5, 5.41) is 0.813. The van der Waals surface area contributed by atoms with E-state index in [1.165, 1.54) is 5.56 Å². The minimum absolute atomic E-state index is 0.139. The van der Waals surface area contributed by atoms with Crippen molar-refractivity contribution in [1.29, 1.82) is 0 Å². The average molecular weight is 381 g/mol. The van der Waals surface area contributed by atoms with Gasteiger partial charge >= 0.3 is 0 Å². The molecule has 1 aliphatic heterocycles. The van der Waals surface area contributed by atoms with E-state index >= 15 is 0 Å². The van der Waals surface area contributed by atoms with Gasteiger partial charge in [-0.3, -0.25) is 4.90 Å². The number of benzene rings is 2. The van der Waals surface area contributed by atoms with Crippen molar-refractivity contribution in [2.75, 3.05) is 19.6 Å². The second-order valence-corrected chi connectivity index (χ2v) is 9.21. The van der Waals surface area contributed by atoms with E-state index in [0.717, 1.165) is 48.6 Å². The zero-order valence-electron chi connectivity index (χ0n) is 16.6. The highest BCUT2D eigenvalue weighted by molar-refractivity contribution is 6.33. The number of likely N-dealkylation sites (tertiary alicyclic amines) is 1. The molecule has 3 heteroatoms. The number of piperidine rings is 1. The zero-order chi connectivity index (χ0) is 19.5. The van der Waals surface area contributed by atoms with Crippen LogP contribution in [0.5, 0.6) is 0 Å². The quantitative estimate of drug-likeness (QED) is 0.545. The van der Waals surface area contributed by atoms with Gasteiger partial charge in [0.2, 0.25) is 6.54 Å². The molecular formula is C24H29ClN2. The highest BCUT2D eigenvalue weighted by Gasteiger charge is 2.46. The van der Waals surface area contributed by atoms with Gasteiger partial charge in [0.05, 0.1) is 0 Å². The van der Waals surface area contributed by atoms with Crippen LogP contribution in [0.4, 0.5) is 0 Å². The van der Waals surface area contributed by atoms with Crippen LogP contribution in [0.1, 0.15) is 39.2 Å². The molecule has 142 valence electrons. The van der Waals surface area contributed by atoms with E-state index in [2.05, 4.69) is 60.8 Å². The Morgan fingerprint density at radius 2 is 1.74 bits per heavy atom. The lowest BCUT2D eigenvalue weighted by atomic mass is 9.61. The maximum Gasteiger partial charge on any atom is 0.220 e. The van der Waals surface area contributed by atoms with Crippen molar-refractivity contribution < 1.29 is 0 Å². The maximum absolute atomic E-state index is 7.39. The van der Waals surface area contributed by atoms with E-state index in [1.54, 1.807) is 0 Å². The summed E-state index contributed by atoms with van der Waals surface area (Å²) in [6, 6.07) is 16.7. The summed E-state index contributed by atoms with van der Waals surface area (Å²) in [7, 11) is 0. The van der Waals surface area contributed by atoms with E-state index in [4.69, 9.17) is 18.2 Å². The Hall–Kier alpha value is -1.82. The van der Waals surface area contributed by atoms with Gasteiger partial charge in [0.15, 0.2) is 0 Å². The lowest BCUT2D eigenvalue weighted by molar-refractivity contribution is 0.0173. The van der Waals surface area contributed by atoms with Crippen molar-refractivity contribution in [1.82, 2.24) is 4.90 Å². The van der Waals surface area contributed by atoms with Crippen molar-refractivity contribution in [3.8, 4) is 11.1 Å². The standard InChI is InChI=1S/C24H29ClN2/c1-23(2,3)24(18-26-4)12-14-27(15-13-24)17-19-10-11-21(22(25)16-19)20-8-6-5-7-9-20/h5-11,16H,12-15,17-18H2,1-3H3. The van der Waals surface area contributed by atoms with E-state index < -0.39 is 0 Å². The highest BCUT2D eigenvalue weighted by atomic mass is 35.5. The first-order valence-electron chi connectivity index (χ1n) is 9.74. The molecule has 0 saturated carbocycles. The van der Waals surface area contributed by atoms with Crippen LogP contribution in [0.25, 0.3) is 16.0 Å². The molecule has 0 atom stereocenters. The number of hydrogen-bond donors (Lipinski definition) is 0. The fourth-order valence-corrected chi connectivity index (χ4v) is 4.52. The summed E-state index contributed by atoms with van der Waals surface area (Å²) >= 11 is 6.58. The molecule has 0 aromatic heterocycles. The van der Waals surface area contributed by atoms with E-state index in [-0.39, 0.29) is 10.8 Å². The smallest absolute Gasteiger partial charge is 0.220 e. The minimum atomic E-state index is 0.139. The van der Waals surface area contributed by atoms with Crippen molar-refractivity contribution in [2.24, 2.45) is 10.8 Å². The lowest BCUT2D eigenvalue weighted by Gasteiger charge is -2.46. The van der Waals surface area contributed by atoms with Crippen LogP contribution in [-0.2, 0) is 6.54 Å². The molecule has 0 radical (unpaired) electrons. The Bertz CT molecular complexity index is 807. The van der Waals surface area contributed by atoms with Crippen molar-refractivity contribution in [2.45, 2.75) is 40.2 Å². The van der Waals surface area contributed by atoms with Crippen molar-refractivity contribution >= 4 is 11.6 Å². The summed E-state index contributed by atoms with van der Waals surface area (Å²) in [5.74, 6) is 0. The third-order valence-electron chi connectivity index (χ3n) is 6.31. The lowest BCUT2D eigenvalue weighted by Crippen LogP contribution is -2.47. The molecule has 2 aromatic rings. The molecule has 0 amide bonds. The van der Waals surface area contributed by atoms with Crippen molar-refractivity contribution in [3.05, 3.63) is 70.5 Å². The molecule has 27 heavy (non-hydrogen) atoms. The Morgan fingerprint density at radius 1 is 1.07 bits per heavy atom. The molecule has 3 rings (SSSR count). The van der Waals surface area contributed by atoms with Gasteiger partial charge in [-0.1, -0.05) is 74.8 Å². The van der Waals surface area contributed by atoms with Crippen molar-refractivity contribution in [3.63, 3.8) is 0 Å². The SMILES string of the molecule is [C-]#[N+]CC1(C(C)(C)C)CCN(Cc2ccc(-c3ccccc3)c(Cl)c2)CC1. The molecular weight excluding hydrogens is 352 g/mol. The first-order valence-corrected chi connectivity index (χ1v) is 10.1. The largest absolute Gasteiger partial charge is 0.316 e. The zero-order valence-corrected chi connectivity index (χ0v) is 17.4. The number of nitrogens with zero attached hydrogens (tertiary/aromatic N) is 2. The van der Waals surface area contributed by atoms with Gasteiger partial charge in [0.25, 0.3) is 0 Å². The van der Waals surface area contributed by atoms with E-state index in [9.17, 15) is 0 Å². The fourth-order valence-electron chi connectivity index (χ4n) is 4.20. The summed E-state index contributed by atoms with van der Waals surface area (Å²) in [6.45, 7) is 17.9. The third kappa shape index (κ3) is 4.37. The van der Waals surface area contributed by atoms with Crippen LogP contribution >= 0.6 is 11.6 Å². The molecule has 2 nitrogen and oxygen atoms in total. The van der Waals surface area contributed by atoms with Crippen LogP contribution in [0.15, 0.2) is 48.5 Å². The predicted octanol–water partition coefficient (Wildman–Crippen LogP) is 6.55. The molecule has 1 fully saturated rings. The van der Waals surface area contributed by atoms with Gasteiger partial charge in [-0.2, -0.15) is 0 Å². The molecule has 0 unspecified atom stereocenters. The topological polar surface area (TPSA) is 7.60 Å². The molecule has 2 aromatic carbocycles. The second-order valence-electron chi connectivity index (χ2n) is 8.80. The van der Waals surface area contributed by atoms with Gasteiger partial charge < -0.3 is 4.85 Å². The first-order chi connectivity index (χ1) is 12.8. The highest BCUT2D eigenvalue weighted by Crippen LogP contribution is 2.47. The summed E-state index contributed by atoms with van der Waals surface area (Å²) in [6.07, 6.45) is 2.18. The fraction of sp³-hybridized carbons (Fsp3) is 0.458. The molecule has 0 aliphatic carbocycles. The van der Waals surface area contributed by atoms with Crippen LogP contribution in [0.2, 0.25) is 5.02 Å². The monoisotopic (exact) mass is 380 g/mol. The maximum atomic E-state index is 7.39. The minimum Gasteiger partial charge on any atom is -0.316 e. The van der Waals surface area contributed by atoms with Crippen LogP contribution in [0, 0.1) is 17.4 Å². The van der Waals surface area contributed by atoms with Gasteiger partial charge in [-0.15, -0.1) is 0 Å². The van der Waals surface area contributed by atoms with Gasteiger partial charge in [0.1, 0.15) is 0 Å². The number of hydrogen-bond acceptors (Lipinski definition) is 1. The van der Waals surface area contributed by atoms with Gasteiger partial charge in [-0.25, -0.2) is 6.57 Å². The van der Waals surface area contributed by atoms with Gasteiger partial charge in [0, 0.05) is 22.5 Å². The van der Waals surface area contributed by atoms with E-state index in [0.29, 0.717) is 6.54 Å². The number of rotatable bonds is 4. The molecule has 0 spiro atoms. The van der Waals surface area contributed by atoms with Gasteiger partial charge in [-0.05, 0) is 48.5 Å². The summed E-state index contributed by atoms with van der Waals surface area (Å²) in [4.78, 5) is 6.27. The van der Waals surface area contributed by atoms with Crippen LogP contribution in [0.3, 0.4) is 0 Å². The van der Waals surface area contributed by atoms with Crippen LogP contribution < -0.4 is 0 Å². The van der Waals surface area contributed by atoms with Crippen LogP contribution in [-0.4, -0.2) is 24.5 Å². The molecule has 0 bridgehead atoms.